The molecule has 0 radical (unpaired) electrons. The lowest BCUT2D eigenvalue weighted by Crippen LogP contribution is -2.34. The maximum Gasteiger partial charge on any atom is 0.265 e. The Morgan fingerprint density at radius 1 is 1.50 bits per heavy atom. The van der Waals surface area contributed by atoms with Crippen LogP contribution in [0.3, 0.4) is 0 Å². The van der Waals surface area contributed by atoms with Crippen molar-refractivity contribution in [2.45, 2.75) is 26.0 Å². The molecule has 0 saturated carbocycles. The molecule has 1 aliphatic heterocycles. The van der Waals surface area contributed by atoms with Crippen LogP contribution < -0.4 is 15.4 Å². The minimum absolute atomic E-state index is 0.102. The normalized spacial score (nSPS) is 17.9. The Balaban J connectivity index is 1.99. The summed E-state index contributed by atoms with van der Waals surface area (Å²) in [5.74, 6) is 1.29. The zero-order valence-corrected chi connectivity index (χ0v) is 11.1. The van der Waals surface area contributed by atoms with Gasteiger partial charge in [0.05, 0.1) is 5.69 Å². The van der Waals surface area contributed by atoms with Crippen LogP contribution in [0.4, 0.5) is 5.69 Å². The maximum absolute atomic E-state index is 11.5. The molecule has 1 unspecified atom stereocenters. The van der Waals surface area contributed by atoms with Crippen molar-refractivity contribution >= 4 is 23.2 Å². The molecule has 0 saturated heterocycles. The number of rotatable bonds is 5. The number of benzene rings is 1. The van der Waals surface area contributed by atoms with Crippen LogP contribution in [0.15, 0.2) is 18.2 Å². The Kier molecular flexibility index (Phi) is 4.44. The average molecular weight is 269 g/mol. The quantitative estimate of drug-likeness (QED) is 0.635. The van der Waals surface area contributed by atoms with Crippen LogP contribution >= 0.6 is 11.6 Å². The monoisotopic (exact) mass is 268 g/mol. The molecule has 0 aliphatic carbocycles. The minimum atomic E-state index is -0.426. The number of alkyl halides is 1. The van der Waals surface area contributed by atoms with Crippen LogP contribution in [-0.2, 0) is 11.3 Å². The van der Waals surface area contributed by atoms with Crippen LogP contribution in [0.5, 0.6) is 5.75 Å². The predicted molar refractivity (Wildman–Crippen MR) is 72.2 cm³/mol. The first-order valence-electron chi connectivity index (χ1n) is 6.08. The number of anilines is 1. The van der Waals surface area contributed by atoms with Gasteiger partial charge in [0.25, 0.3) is 5.91 Å². The summed E-state index contributed by atoms with van der Waals surface area (Å²) in [6.45, 7) is 3.38. The Bertz CT molecular complexity index is 437. The average Bonchev–Trinajstić information content (AvgIpc) is 2.36. The number of carbonyl (C=O) groups excluding carboxylic acids is 1. The van der Waals surface area contributed by atoms with Gasteiger partial charge in [-0.2, -0.15) is 0 Å². The number of halogens is 1. The summed E-state index contributed by atoms with van der Waals surface area (Å²) in [5.41, 5.74) is 1.86. The highest BCUT2D eigenvalue weighted by Crippen LogP contribution is 2.30. The summed E-state index contributed by atoms with van der Waals surface area (Å²) in [6, 6.07) is 5.83. The second kappa shape index (κ2) is 6.07. The molecule has 2 N–H and O–H groups in total. The molecule has 2 rings (SSSR count). The number of nitrogens with one attached hydrogen (secondary N) is 2. The van der Waals surface area contributed by atoms with Gasteiger partial charge >= 0.3 is 0 Å². The number of amides is 1. The second-order valence-electron chi connectivity index (χ2n) is 4.30. The van der Waals surface area contributed by atoms with Gasteiger partial charge in [0.15, 0.2) is 6.10 Å². The second-order valence-corrected chi connectivity index (χ2v) is 4.68. The van der Waals surface area contributed by atoms with Gasteiger partial charge < -0.3 is 15.4 Å². The van der Waals surface area contributed by atoms with E-state index in [4.69, 9.17) is 16.3 Å². The molecule has 0 bridgehead atoms. The number of hydrogen-bond acceptors (Lipinski definition) is 3. The summed E-state index contributed by atoms with van der Waals surface area (Å²) >= 11 is 5.60. The van der Waals surface area contributed by atoms with Gasteiger partial charge in [-0.1, -0.05) is 6.07 Å². The van der Waals surface area contributed by atoms with Gasteiger partial charge in [-0.15, -0.1) is 11.6 Å². The van der Waals surface area contributed by atoms with E-state index < -0.39 is 6.10 Å². The molecule has 1 aliphatic rings. The first-order chi connectivity index (χ1) is 8.70. The Morgan fingerprint density at radius 2 is 2.33 bits per heavy atom. The van der Waals surface area contributed by atoms with Crippen molar-refractivity contribution in [1.29, 1.82) is 0 Å². The van der Waals surface area contributed by atoms with E-state index in [9.17, 15) is 4.79 Å². The molecule has 98 valence electrons. The fourth-order valence-electron chi connectivity index (χ4n) is 1.79. The summed E-state index contributed by atoms with van der Waals surface area (Å²) in [7, 11) is 0. The molecular formula is C13H17ClN2O2. The lowest BCUT2D eigenvalue weighted by atomic mass is 10.1. The van der Waals surface area contributed by atoms with Gasteiger partial charge in [-0.05, 0) is 37.6 Å². The van der Waals surface area contributed by atoms with Crippen molar-refractivity contribution in [3.05, 3.63) is 23.8 Å². The first kappa shape index (κ1) is 13.2. The number of carbonyl (C=O) groups is 1. The van der Waals surface area contributed by atoms with E-state index in [2.05, 4.69) is 10.6 Å². The molecule has 1 aromatic rings. The largest absolute Gasteiger partial charge is 0.479 e. The molecular weight excluding hydrogens is 252 g/mol. The predicted octanol–water partition coefficient (Wildman–Crippen LogP) is 2.12. The molecule has 0 fully saturated rings. The van der Waals surface area contributed by atoms with Crippen molar-refractivity contribution < 1.29 is 9.53 Å². The van der Waals surface area contributed by atoms with Crippen LogP contribution in [0.1, 0.15) is 18.9 Å². The lowest BCUT2D eigenvalue weighted by Gasteiger charge is -2.23. The minimum Gasteiger partial charge on any atom is -0.479 e. The highest BCUT2D eigenvalue weighted by atomic mass is 35.5. The van der Waals surface area contributed by atoms with Crippen LogP contribution in [-0.4, -0.2) is 24.4 Å². The smallest absolute Gasteiger partial charge is 0.265 e. The van der Waals surface area contributed by atoms with E-state index in [1.807, 2.05) is 18.2 Å². The van der Waals surface area contributed by atoms with Gasteiger partial charge in [0, 0.05) is 12.4 Å². The van der Waals surface area contributed by atoms with Crippen molar-refractivity contribution in [2.24, 2.45) is 0 Å². The van der Waals surface area contributed by atoms with Gasteiger partial charge in [0.2, 0.25) is 0 Å². The van der Waals surface area contributed by atoms with Gasteiger partial charge in [-0.3, -0.25) is 4.79 Å². The Labute approximate surface area is 112 Å². The topological polar surface area (TPSA) is 50.4 Å². The van der Waals surface area contributed by atoms with Crippen LogP contribution in [0.2, 0.25) is 0 Å². The highest BCUT2D eigenvalue weighted by molar-refractivity contribution is 6.17. The zero-order valence-electron chi connectivity index (χ0n) is 10.3. The van der Waals surface area contributed by atoms with E-state index in [-0.39, 0.29) is 5.91 Å². The summed E-state index contributed by atoms with van der Waals surface area (Å²) in [4.78, 5) is 11.5. The van der Waals surface area contributed by atoms with Crippen LogP contribution in [0.25, 0.3) is 0 Å². The third-order valence-electron chi connectivity index (χ3n) is 2.79. The summed E-state index contributed by atoms with van der Waals surface area (Å²) in [5, 5.41) is 6.13. The number of hydrogen-bond donors (Lipinski definition) is 2. The van der Waals surface area contributed by atoms with Gasteiger partial charge in [-0.25, -0.2) is 0 Å². The molecule has 0 spiro atoms. The van der Waals surface area contributed by atoms with E-state index in [0.717, 1.165) is 36.5 Å². The number of fused-ring (bicyclic) bond motifs is 1. The van der Waals surface area contributed by atoms with E-state index >= 15 is 0 Å². The van der Waals surface area contributed by atoms with Crippen LogP contribution in [0, 0.1) is 0 Å². The van der Waals surface area contributed by atoms with E-state index in [1.165, 1.54) is 0 Å². The molecule has 1 atom stereocenters. The molecule has 1 heterocycles. The van der Waals surface area contributed by atoms with Crippen molar-refractivity contribution in [3.63, 3.8) is 0 Å². The van der Waals surface area contributed by atoms with Crippen molar-refractivity contribution in [3.8, 4) is 5.75 Å². The molecule has 0 aromatic heterocycles. The maximum atomic E-state index is 11.5. The Morgan fingerprint density at radius 3 is 3.11 bits per heavy atom. The molecule has 18 heavy (non-hydrogen) atoms. The molecule has 1 amide bonds. The summed E-state index contributed by atoms with van der Waals surface area (Å²) < 4.78 is 5.49. The van der Waals surface area contributed by atoms with Gasteiger partial charge in [0.1, 0.15) is 5.75 Å². The summed E-state index contributed by atoms with van der Waals surface area (Å²) in [6.07, 6.45) is 0.523. The third kappa shape index (κ3) is 3.15. The first-order valence-corrected chi connectivity index (χ1v) is 6.61. The SMILES string of the molecule is CC1Oc2ccc(CNCCCCl)cc2NC1=O. The lowest BCUT2D eigenvalue weighted by molar-refractivity contribution is -0.122. The van der Waals surface area contributed by atoms with Crippen molar-refractivity contribution in [2.75, 3.05) is 17.7 Å². The standard InChI is InChI=1S/C13H17ClN2O2/c1-9-13(17)16-11-7-10(3-4-12(11)18-9)8-15-6-2-5-14/h3-4,7,9,15H,2,5-6,8H2,1H3,(H,16,17). The highest BCUT2D eigenvalue weighted by Gasteiger charge is 2.23. The van der Waals surface area contributed by atoms with E-state index in [0.29, 0.717) is 5.88 Å². The fraction of sp³-hybridized carbons (Fsp3) is 0.462. The third-order valence-corrected chi connectivity index (χ3v) is 3.06. The van der Waals surface area contributed by atoms with E-state index in [1.54, 1.807) is 6.92 Å². The fourth-order valence-corrected chi connectivity index (χ4v) is 1.92. The van der Waals surface area contributed by atoms with Crippen molar-refractivity contribution in [1.82, 2.24) is 5.32 Å². The Hall–Kier alpha value is -1.26. The zero-order chi connectivity index (χ0) is 13.0. The number of ether oxygens (including phenoxy) is 1. The molecule has 4 nitrogen and oxygen atoms in total. The molecule has 1 aromatic carbocycles. The molecule has 5 heteroatoms.